The number of hydrogen-bond acceptors (Lipinski definition) is 2. The van der Waals surface area contributed by atoms with Gasteiger partial charge in [0.2, 0.25) is 0 Å². The van der Waals surface area contributed by atoms with Crippen molar-refractivity contribution in [3.8, 4) is 0 Å². The van der Waals surface area contributed by atoms with Gasteiger partial charge in [-0.25, -0.2) is 4.39 Å². The number of carbonyl (C=O) groups is 1. The molecule has 2 rings (SSSR count). The molecule has 1 amide bonds. The predicted molar refractivity (Wildman–Crippen MR) is 64.6 cm³/mol. The Labute approximate surface area is 99.3 Å². The third-order valence-corrected chi connectivity index (χ3v) is 3.02. The van der Waals surface area contributed by atoms with Crippen LogP contribution in [0.3, 0.4) is 0 Å². The summed E-state index contributed by atoms with van der Waals surface area (Å²) in [7, 11) is 0. The Morgan fingerprint density at radius 3 is 2.19 bits per heavy atom. The van der Waals surface area contributed by atoms with E-state index in [1.54, 1.807) is 17.0 Å². The van der Waals surface area contributed by atoms with Gasteiger partial charge in [-0.2, -0.15) is 0 Å². The minimum absolute atomic E-state index is 0.182. The summed E-state index contributed by atoms with van der Waals surface area (Å²) in [6.07, 6.45) is 0. The highest BCUT2D eigenvalue weighted by molar-refractivity contribution is 7.96. The van der Waals surface area contributed by atoms with Gasteiger partial charge >= 0.3 is 0 Å². The fourth-order valence-corrected chi connectivity index (χ4v) is 2.01. The maximum atomic E-state index is 12.7. The van der Waals surface area contributed by atoms with Gasteiger partial charge in [0.25, 0.3) is 5.24 Å². The van der Waals surface area contributed by atoms with Crippen molar-refractivity contribution in [1.82, 2.24) is 4.90 Å². The maximum absolute atomic E-state index is 12.7. The predicted octanol–water partition coefficient (Wildman–Crippen LogP) is 2.00. The second-order valence-electron chi connectivity index (χ2n) is 3.73. The van der Waals surface area contributed by atoms with E-state index in [0.717, 1.165) is 18.8 Å². The van der Waals surface area contributed by atoms with Crippen LogP contribution in [0.15, 0.2) is 24.3 Å². The molecule has 0 radical (unpaired) electrons. The van der Waals surface area contributed by atoms with Crippen molar-refractivity contribution >= 4 is 23.6 Å². The second-order valence-corrected chi connectivity index (χ2v) is 4.12. The molecule has 0 saturated carbocycles. The summed E-state index contributed by atoms with van der Waals surface area (Å²) in [5.74, 6) is -0.229. The lowest BCUT2D eigenvalue weighted by molar-refractivity contribution is 0.220. The third kappa shape index (κ3) is 2.47. The molecule has 1 saturated heterocycles. The molecule has 1 heterocycles. The molecule has 86 valence electrons. The van der Waals surface area contributed by atoms with Crippen LogP contribution in [0, 0.1) is 5.82 Å². The van der Waals surface area contributed by atoms with Crippen LogP contribution in [0.4, 0.5) is 14.9 Å². The van der Waals surface area contributed by atoms with Gasteiger partial charge in [0.05, 0.1) is 0 Å². The Balaban J connectivity index is 1.99. The van der Waals surface area contributed by atoms with Crippen molar-refractivity contribution < 1.29 is 9.18 Å². The molecule has 1 aromatic rings. The standard InChI is InChI=1S/C11H13FN2OS/c12-9-1-3-10(4-2-9)13-5-7-14(8-6-13)11(15)16/h1-4H,5-8H2,(H,15,16). The maximum Gasteiger partial charge on any atom is 0.278 e. The highest BCUT2D eigenvalue weighted by Gasteiger charge is 2.18. The number of hydrogen-bond donors (Lipinski definition) is 1. The van der Waals surface area contributed by atoms with Gasteiger partial charge in [0.1, 0.15) is 5.82 Å². The molecule has 1 aliphatic rings. The van der Waals surface area contributed by atoms with Crippen LogP contribution in [0.25, 0.3) is 0 Å². The zero-order valence-corrected chi connectivity index (χ0v) is 9.66. The van der Waals surface area contributed by atoms with E-state index in [-0.39, 0.29) is 11.1 Å². The zero-order valence-electron chi connectivity index (χ0n) is 8.77. The molecule has 3 nitrogen and oxygen atoms in total. The van der Waals surface area contributed by atoms with Crippen LogP contribution in [0.1, 0.15) is 0 Å². The molecule has 0 unspecified atom stereocenters. The molecule has 5 heteroatoms. The Kier molecular flexibility index (Phi) is 3.33. The van der Waals surface area contributed by atoms with Gasteiger partial charge in [-0.05, 0) is 24.3 Å². The Morgan fingerprint density at radius 1 is 1.12 bits per heavy atom. The number of nitrogens with zero attached hydrogens (tertiary/aromatic N) is 2. The van der Waals surface area contributed by atoms with Gasteiger partial charge in [0, 0.05) is 31.9 Å². The molecule has 0 bridgehead atoms. The van der Waals surface area contributed by atoms with Crippen molar-refractivity contribution in [3.63, 3.8) is 0 Å². The number of carbonyl (C=O) groups excluding carboxylic acids is 1. The van der Waals surface area contributed by atoms with Crippen molar-refractivity contribution in [1.29, 1.82) is 0 Å². The minimum Gasteiger partial charge on any atom is -0.368 e. The first kappa shape index (κ1) is 11.3. The first-order valence-electron chi connectivity index (χ1n) is 5.15. The molecule has 0 atom stereocenters. The molecular weight excluding hydrogens is 227 g/mol. The lowest BCUT2D eigenvalue weighted by atomic mass is 10.2. The normalized spacial score (nSPS) is 16.4. The van der Waals surface area contributed by atoms with Crippen molar-refractivity contribution in [3.05, 3.63) is 30.1 Å². The number of anilines is 1. The molecule has 0 spiro atoms. The first-order valence-corrected chi connectivity index (χ1v) is 5.60. The van der Waals surface area contributed by atoms with Gasteiger partial charge in [0.15, 0.2) is 0 Å². The molecule has 1 fully saturated rings. The average molecular weight is 240 g/mol. The van der Waals surface area contributed by atoms with E-state index in [4.69, 9.17) is 0 Å². The smallest absolute Gasteiger partial charge is 0.278 e. The van der Waals surface area contributed by atoms with E-state index in [1.165, 1.54) is 12.1 Å². The largest absolute Gasteiger partial charge is 0.368 e. The summed E-state index contributed by atoms with van der Waals surface area (Å²) in [4.78, 5) is 14.8. The van der Waals surface area contributed by atoms with E-state index in [2.05, 4.69) is 17.5 Å². The number of piperazine rings is 1. The molecule has 16 heavy (non-hydrogen) atoms. The Bertz CT molecular complexity index is 374. The highest BCUT2D eigenvalue weighted by Crippen LogP contribution is 2.17. The van der Waals surface area contributed by atoms with Gasteiger partial charge in [-0.3, -0.25) is 4.79 Å². The van der Waals surface area contributed by atoms with Gasteiger partial charge in [-0.1, -0.05) is 12.6 Å². The number of amides is 1. The molecule has 1 aromatic carbocycles. The second kappa shape index (κ2) is 4.74. The van der Waals surface area contributed by atoms with E-state index >= 15 is 0 Å². The Hall–Kier alpha value is -1.23. The average Bonchev–Trinajstić information content (AvgIpc) is 2.30. The molecular formula is C11H13FN2OS. The third-order valence-electron chi connectivity index (χ3n) is 2.74. The summed E-state index contributed by atoms with van der Waals surface area (Å²) >= 11 is 3.79. The van der Waals surface area contributed by atoms with Crippen LogP contribution in [0.5, 0.6) is 0 Å². The quantitative estimate of drug-likeness (QED) is 0.759. The fourth-order valence-electron chi connectivity index (χ4n) is 1.81. The topological polar surface area (TPSA) is 23.6 Å². The number of rotatable bonds is 1. The van der Waals surface area contributed by atoms with Crippen LogP contribution in [0.2, 0.25) is 0 Å². The lowest BCUT2D eigenvalue weighted by Gasteiger charge is -2.35. The SMILES string of the molecule is O=C(S)N1CCN(c2ccc(F)cc2)CC1. The van der Waals surface area contributed by atoms with Crippen LogP contribution >= 0.6 is 12.6 Å². The molecule has 0 aliphatic carbocycles. The van der Waals surface area contributed by atoms with Crippen molar-refractivity contribution in [2.24, 2.45) is 0 Å². The highest BCUT2D eigenvalue weighted by atomic mass is 32.1. The Morgan fingerprint density at radius 2 is 1.69 bits per heavy atom. The van der Waals surface area contributed by atoms with Crippen molar-refractivity contribution in [2.75, 3.05) is 31.1 Å². The van der Waals surface area contributed by atoms with Crippen LogP contribution in [-0.2, 0) is 0 Å². The number of halogens is 1. The van der Waals surface area contributed by atoms with E-state index in [9.17, 15) is 9.18 Å². The lowest BCUT2D eigenvalue weighted by Crippen LogP contribution is -2.47. The molecule has 0 N–H and O–H groups in total. The zero-order chi connectivity index (χ0) is 11.5. The van der Waals surface area contributed by atoms with Crippen molar-refractivity contribution in [2.45, 2.75) is 0 Å². The monoisotopic (exact) mass is 240 g/mol. The van der Waals surface area contributed by atoms with Gasteiger partial charge in [-0.15, -0.1) is 0 Å². The minimum atomic E-state index is -0.229. The van der Waals surface area contributed by atoms with E-state index in [0.29, 0.717) is 13.1 Å². The fraction of sp³-hybridized carbons (Fsp3) is 0.364. The number of benzene rings is 1. The van der Waals surface area contributed by atoms with Crippen LogP contribution < -0.4 is 4.90 Å². The van der Waals surface area contributed by atoms with Crippen LogP contribution in [-0.4, -0.2) is 36.3 Å². The summed E-state index contributed by atoms with van der Waals surface area (Å²) in [5.41, 5.74) is 0.993. The number of thiol groups is 1. The molecule has 0 aromatic heterocycles. The summed E-state index contributed by atoms with van der Waals surface area (Å²) in [6.45, 7) is 2.86. The van der Waals surface area contributed by atoms with E-state index < -0.39 is 0 Å². The summed E-state index contributed by atoms with van der Waals surface area (Å²) < 4.78 is 12.7. The summed E-state index contributed by atoms with van der Waals surface area (Å²) in [6, 6.07) is 6.41. The van der Waals surface area contributed by atoms with Gasteiger partial charge < -0.3 is 9.80 Å². The molecule has 1 aliphatic heterocycles. The summed E-state index contributed by atoms with van der Waals surface area (Å²) in [5, 5.41) is -0.182. The van der Waals surface area contributed by atoms with E-state index in [1.807, 2.05) is 0 Å². The first-order chi connectivity index (χ1) is 7.66.